The van der Waals surface area contributed by atoms with Crippen molar-refractivity contribution in [1.29, 1.82) is 5.26 Å². The van der Waals surface area contributed by atoms with Crippen molar-refractivity contribution in [3.63, 3.8) is 0 Å². The molecule has 0 spiro atoms. The molecule has 2 atom stereocenters. The van der Waals surface area contributed by atoms with Gasteiger partial charge in [0, 0.05) is 18.2 Å². The van der Waals surface area contributed by atoms with Gasteiger partial charge in [0.1, 0.15) is 6.07 Å². The van der Waals surface area contributed by atoms with Gasteiger partial charge in [0.25, 0.3) is 5.69 Å². The zero-order valence-corrected chi connectivity index (χ0v) is 10.3. The number of rotatable bonds is 4. The number of nitrogens with zero attached hydrogens (tertiary/aromatic N) is 2. The molecular formula is C13H11N3O4. The molecule has 1 aromatic carbocycles. The number of carboxylic acids is 1. The monoisotopic (exact) mass is 273 g/mol. The second-order valence-corrected chi connectivity index (χ2v) is 4.41. The van der Waals surface area contributed by atoms with E-state index in [9.17, 15) is 14.9 Å². The summed E-state index contributed by atoms with van der Waals surface area (Å²) in [4.78, 5) is 20.9. The zero-order valence-electron chi connectivity index (χ0n) is 10.3. The Hall–Kier alpha value is -2.88. The number of nitro groups is 1. The lowest BCUT2D eigenvalue weighted by molar-refractivity contribution is -0.384. The van der Waals surface area contributed by atoms with Gasteiger partial charge in [0.05, 0.1) is 22.1 Å². The van der Waals surface area contributed by atoms with Crippen LogP contribution in [0.1, 0.15) is 12.0 Å². The summed E-state index contributed by atoms with van der Waals surface area (Å²) in [7, 11) is 0. The van der Waals surface area contributed by atoms with Crippen LogP contribution >= 0.6 is 0 Å². The smallest absolute Gasteiger partial charge is 0.310 e. The van der Waals surface area contributed by atoms with Gasteiger partial charge in [-0.05, 0) is 12.5 Å². The van der Waals surface area contributed by atoms with Crippen LogP contribution in [0.3, 0.4) is 0 Å². The first-order valence-electron chi connectivity index (χ1n) is 5.87. The fourth-order valence-electron chi connectivity index (χ4n) is 2.05. The fraction of sp³-hybridized carbons (Fsp3) is 0.231. The maximum atomic E-state index is 10.8. The lowest BCUT2D eigenvalue weighted by Crippen LogP contribution is -2.19. The molecule has 0 heterocycles. The van der Waals surface area contributed by atoms with E-state index in [2.05, 4.69) is 5.32 Å². The molecule has 102 valence electrons. The van der Waals surface area contributed by atoms with Crippen LogP contribution in [-0.2, 0) is 4.79 Å². The SMILES string of the molecule is N#Cc1cc([N+](=O)[O-])ccc1NC1C=CC(C(=O)O)C1. The standard InChI is InChI=1S/C13H11N3O4/c14-7-9-6-11(16(19)20)3-4-12(9)15-10-2-1-8(5-10)13(17)18/h1-4,6,8,10,15H,5H2,(H,17,18). The molecule has 20 heavy (non-hydrogen) atoms. The van der Waals surface area contributed by atoms with Crippen molar-refractivity contribution in [3.8, 4) is 6.07 Å². The normalized spacial score (nSPS) is 20.4. The van der Waals surface area contributed by atoms with Crippen LogP contribution in [0.2, 0.25) is 0 Å². The van der Waals surface area contributed by atoms with Crippen molar-refractivity contribution in [3.05, 3.63) is 46.0 Å². The Bertz CT molecular complexity index is 633. The quantitative estimate of drug-likeness (QED) is 0.491. The summed E-state index contributed by atoms with van der Waals surface area (Å²) in [5, 5.41) is 31.6. The van der Waals surface area contributed by atoms with E-state index in [1.165, 1.54) is 18.2 Å². The molecule has 1 aliphatic carbocycles. The molecule has 1 aliphatic rings. The number of nitriles is 1. The molecule has 0 aliphatic heterocycles. The van der Waals surface area contributed by atoms with Gasteiger partial charge in [-0.1, -0.05) is 12.2 Å². The Morgan fingerprint density at radius 2 is 2.25 bits per heavy atom. The molecule has 7 heteroatoms. The summed E-state index contributed by atoms with van der Waals surface area (Å²) in [5.74, 6) is -1.44. The van der Waals surface area contributed by atoms with Crippen molar-refractivity contribution >= 4 is 17.3 Å². The predicted octanol–water partition coefficient (Wildman–Crippen LogP) is 1.91. The van der Waals surface area contributed by atoms with Gasteiger partial charge in [-0.3, -0.25) is 14.9 Å². The van der Waals surface area contributed by atoms with E-state index >= 15 is 0 Å². The Morgan fingerprint density at radius 3 is 2.80 bits per heavy atom. The van der Waals surface area contributed by atoms with Crippen LogP contribution in [-0.4, -0.2) is 22.0 Å². The largest absolute Gasteiger partial charge is 0.481 e. The van der Waals surface area contributed by atoms with E-state index in [1.807, 2.05) is 6.07 Å². The third-order valence-electron chi connectivity index (χ3n) is 3.08. The minimum absolute atomic E-state index is 0.155. The average Bonchev–Trinajstić information content (AvgIpc) is 2.87. The number of carboxylic acid groups (broad SMARTS) is 1. The van der Waals surface area contributed by atoms with Crippen molar-refractivity contribution in [2.24, 2.45) is 5.92 Å². The molecule has 0 radical (unpaired) electrons. The molecular weight excluding hydrogens is 262 g/mol. The topological polar surface area (TPSA) is 116 Å². The van der Waals surface area contributed by atoms with Crippen molar-refractivity contribution in [2.45, 2.75) is 12.5 Å². The molecule has 1 aromatic rings. The molecule has 7 nitrogen and oxygen atoms in total. The molecule has 0 fully saturated rings. The Labute approximate surface area is 114 Å². The van der Waals surface area contributed by atoms with Crippen LogP contribution in [0, 0.1) is 27.4 Å². The Kier molecular flexibility index (Phi) is 3.66. The molecule has 2 N–H and O–H groups in total. The Morgan fingerprint density at radius 1 is 1.50 bits per heavy atom. The zero-order chi connectivity index (χ0) is 14.7. The number of aliphatic carboxylic acids is 1. The third kappa shape index (κ3) is 2.75. The highest BCUT2D eigenvalue weighted by Gasteiger charge is 2.24. The van der Waals surface area contributed by atoms with Crippen molar-refractivity contribution in [1.82, 2.24) is 0 Å². The van der Waals surface area contributed by atoms with Crippen LogP contribution < -0.4 is 5.32 Å². The predicted molar refractivity (Wildman–Crippen MR) is 70.1 cm³/mol. The lowest BCUT2D eigenvalue weighted by atomic mass is 10.1. The van der Waals surface area contributed by atoms with Crippen LogP contribution in [0.25, 0.3) is 0 Å². The van der Waals surface area contributed by atoms with Gasteiger partial charge in [-0.2, -0.15) is 5.26 Å². The molecule has 0 saturated heterocycles. The number of nitro benzene ring substituents is 1. The number of non-ortho nitro benzene ring substituents is 1. The summed E-state index contributed by atoms with van der Waals surface area (Å²) in [6.07, 6.45) is 3.70. The van der Waals surface area contributed by atoms with E-state index in [0.29, 0.717) is 12.1 Å². The fourth-order valence-corrected chi connectivity index (χ4v) is 2.05. The molecule has 0 bridgehead atoms. The summed E-state index contributed by atoms with van der Waals surface area (Å²) in [6, 6.07) is 5.64. The lowest BCUT2D eigenvalue weighted by Gasteiger charge is -2.14. The van der Waals surface area contributed by atoms with Crippen LogP contribution in [0.4, 0.5) is 11.4 Å². The second kappa shape index (κ2) is 5.40. The summed E-state index contributed by atoms with van der Waals surface area (Å²) >= 11 is 0. The molecule has 2 rings (SSSR count). The first-order chi connectivity index (χ1) is 9.51. The van der Waals surface area contributed by atoms with Crippen LogP contribution in [0.15, 0.2) is 30.4 Å². The minimum atomic E-state index is -0.894. The van der Waals surface area contributed by atoms with Gasteiger partial charge >= 0.3 is 5.97 Å². The average molecular weight is 273 g/mol. The van der Waals surface area contributed by atoms with Gasteiger partial charge in [0.15, 0.2) is 0 Å². The van der Waals surface area contributed by atoms with E-state index in [-0.39, 0.29) is 17.3 Å². The number of carbonyl (C=O) groups is 1. The Balaban J connectivity index is 2.15. The maximum absolute atomic E-state index is 10.8. The highest BCUT2D eigenvalue weighted by Crippen LogP contribution is 2.26. The number of hydrogen-bond donors (Lipinski definition) is 2. The van der Waals surface area contributed by atoms with E-state index < -0.39 is 16.8 Å². The highest BCUT2D eigenvalue weighted by molar-refractivity contribution is 5.73. The third-order valence-corrected chi connectivity index (χ3v) is 3.08. The first-order valence-corrected chi connectivity index (χ1v) is 5.87. The van der Waals surface area contributed by atoms with Gasteiger partial charge < -0.3 is 10.4 Å². The summed E-state index contributed by atoms with van der Waals surface area (Å²) in [5.41, 5.74) is 0.461. The highest BCUT2D eigenvalue weighted by atomic mass is 16.6. The van der Waals surface area contributed by atoms with E-state index in [4.69, 9.17) is 10.4 Å². The minimum Gasteiger partial charge on any atom is -0.481 e. The summed E-state index contributed by atoms with van der Waals surface area (Å²) in [6.45, 7) is 0. The van der Waals surface area contributed by atoms with Crippen molar-refractivity contribution in [2.75, 3.05) is 5.32 Å². The summed E-state index contributed by atoms with van der Waals surface area (Å²) < 4.78 is 0. The molecule has 0 amide bonds. The van der Waals surface area contributed by atoms with E-state index in [1.54, 1.807) is 12.2 Å². The van der Waals surface area contributed by atoms with Gasteiger partial charge in [-0.15, -0.1) is 0 Å². The number of benzene rings is 1. The maximum Gasteiger partial charge on any atom is 0.310 e. The number of nitrogens with one attached hydrogen (secondary N) is 1. The molecule has 0 aromatic heterocycles. The number of anilines is 1. The van der Waals surface area contributed by atoms with Gasteiger partial charge in [0.2, 0.25) is 0 Å². The van der Waals surface area contributed by atoms with E-state index in [0.717, 1.165) is 0 Å². The molecule has 0 saturated carbocycles. The molecule has 2 unspecified atom stereocenters. The first kappa shape index (κ1) is 13.5. The number of hydrogen-bond acceptors (Lipinski definition) is 5. The van der Waals surface area contributed by atoms with Gasteiger partial charge in [-0.25, -0.2) is 0 Å². The van der Waals surface area contributed by atoms with Crippen molar-refractivity contribution < 1.29 is 14.8 Å². The van der Waals surface area contributed by atoms with Crippen LogP contribution in [0.5, 0.6) is 0 Å². The second-order valence-electron chi connectivity index (χ2n) is 4.41.